The van der Waals surface area contributed by atoms with E-state index in [-0.39, 0.29) is 6.61 Å². The molecule has 6 nitrogen and oxygen atoms in total. The smallest absolute Gasteiger partial charge is 0.420 e. The molecule has 0 N–H and O–H groups in total. The Bertz CT molecular complexity index is 468. The molecule has 3 atom stereocenters. The van der Waals surface area contributed by atoms with E-state index in [4.69, 9.17) is 9.47 Å². The molecular formula is C17H28N2O4. The lowest BCUT2D eigenvalue weighted by atomic mass is 9.66. The van der Waals surface area contributed by atoms with Gasteiger partial charge < -0.3 is 14.4 Å². The molecule has 2 aliphatic carbocycles. The summed E-state index contributed by atoms with van der Waals surface area (Å²) in [6.45, 7) is 1.28. The molecular weight excluding hydrogens is 296 g/mol. The van der Waals surface area contributed by atoms with E-state index in [0.717, 1.165) is 30.1 Å². The molecule has 0 aromatic carbocycles. The lowest BCUT2D eigenvalue weighted by Gasteiger charge is -2.43. The maximum atomic E-state index is 12.1. The highest BCUT2D eigenvalue weighted by Crippen LogP contribution is 2.47. The van der Waals surface area contributed by atoms with Crippen molar-refractivity contribution >= 4 is 12.2 Å². The third kappa shape index (κ3) is 3.62. The fourth-order valence-corrected chi connectivity index (χ4v) is 4.36. The Morgan fingerprint density at radius 3 is 2.78 bits per heavy atom. The van der Waals surface area contributed by atoms with Crippen LogP contribution in [0, 0.1) is 11.8 Å². The molecule has 6 heteroatoms. The van der Waals surface area contributed by atoms with Gasteiger partial charge in [-0.15, -0.1) is 0 Å². The maximum absolute atomic E-state index is 12.1. The largest absolute Gasteiger partial charge is 0.448 e. The van der Waals surface area contributed by atoms with E-state index >= 15 is 0 Å². The Morgan fingerprint density at radius 1 is 1.30 bits per heavy atom. The topological polar surface area (TPSA) is 59.1 Å². The molecule has 1 saturated heterocycles. The summed E-state index contributed by atoms with van der Waals surface area (Å²) >= 11 is 0. The van der Waals surface area contributed by atoms with Crippen molar-refractivity contribution in [1.29, 1.82) is 0 Å². The molecule has 3 rings (SSSR count). The van der Waals surface area contributed by atoms with E-state index in [1.165, 1.54) is 25.7 Å². The first-order chi connectivity index (χ1) is 11.0. The molecule has 1 heterocycles. The molecule has 2 saturated carbocycles. The monoisotopic (exact) mass is 324 g/mol. The first kappa shape index (κ1) is 16.6. The number of hydrogen-bond donors (Lipinski definition) is 0. The Morgan fingerprint density at radius 2 is 2.04 bits per heavy atom. The highest BCUT2D eigenvalue weighted by molar-refractivity contribution is 5.89. The molecule has 3 aliphatic rings. The van der Waals surface area contributed by atoms with Crippen LogP contribution in [0.3, 0.4) is 0 Å². The molecule has 23 heavy (non-hydrogen) atoms. The van der Waals surface area contributed by atoms with E-state index in [1.54, 1.807) is 0 Å². The molecule has 2 unspecified atom stereocenters. The highest BCUT2D eigenvalue weighted by atomic mass is 16.6. The summed E-state index contributed by atoms with van der Waals surface area (Å²) in [6, 6.07) is 0. The SMILES string of the molecule is CN(C)CCOC(=O)N1C[C@@]2(CCC3CCCCC3C2)OC1=O. The van der Waals surface area contributed by atoms with Crippen LogP contribution >= 0.6 is 0 Å². The third-order valence-electron chi connectivity index (χ3n) is 5.63. The van der Waals surface area contributed by atoms with Crippen LogP contribution in [0.4, 0.5) is 9.59 Å². The summed E-state index contributed by atoms with van der Waals surface area (Å²) in [5.41, 5.74) is -0.462. The number of hydrogen-bond acceptors (Lipinski definition) is 5. The minimum absolute atomic E-state index is 0.285. The number of carbonyl (C=O) groups excluding carboxylic acids is 2. The molecule has 0 radical (unpaired) electrons. The van der Waals surface area contributed by atoms with Crippen LogP contribution < -0.4 is 0 Å². The van der Waals surface area contributed by atoms with E-state index in [0.29, 0.717) is 19.0 Å². The zero-order valence-corrected chi connectivity index (χ0v) is 14.3. The van der Waals surface area contributed by atoms with Gasteiger partial charge in [-0.3, -0.25) is 0 Å². The molecule has 1 aliphatic heterocycles. The first-order valence-corrected chi connectivity index (χ1v) is 8.81. The Balaban J connectivity index is 1.57. The van der Waals surface area contributed by atoms with Gasteiger partial charge in [0, 0.05) is 6.54 Å². The number of imide groups is 1. The van der Waals surface area contributed by atoms with E-state index < -0.39 is 17.8 Å². The van der Waals surface area contributed by atoms with Crippen LogP contribution in [-0.2, 0) is 9.47 Å². The van der Waals surface area contributed by atoms with Gasteiger partial charge in [0.05, 0.1) is 6.54 Å². The van der Waals surface area contributed by atoms with Crippen LogP contribution in [0.25, 0.3) is 0 Å². The van der Waals surface area contributed by atoms with Crippen LogP contribution in [0.2, 0.25) is 0 Å². The predicted molar refractivity (Wildman–Crippen MR) is 85.1 cm³/mol. The maximum Gasteiger partial charge on any atom is 0.420 e. The van der Waals surface area contributed by atoms with Crippen LogP contribution in [-0.4, -0.2) is 61.4 Å². The van der Waals surface area contributed by atoms with Gasteiger partial charge >= 0.3 is 12.2 Å². The van der Waals surface area contributed by atoms with Gasteiger partial charge in [-0.05, 0) is 45.2 Å². The van der Waals surface area contributed by atoms with Crippen molar-refractivity contribution in [3.63, 3.8) is 0 Å². The Hall–Kier alpha value is -1.30. The van der Waals surface area contributed by atoms with Gasteiger partial charge in [0.25, 0.3) is 0 Å². The van der Waals surface area contributed by atoms with Crippen LogP contribution in [0.5, 0.6) is 0 Å². The molecule has 0 bridgehead atoms. The van der Waals surface area contributed by atoms with Crippen molar-refractivity contribution in [3.8, 4) is 0 Å². The summed E-state index contributed by atoms with van der Waals surface area (Å²) in [6.07, 6.45) is 6.95. The van der Waals surface area contributed by atoms with Gasteiger partial charge in [0.2, 0.25) is 0 Å². The average molecular weight is 324 g/mol. The summed E-state index contributed by atoms with van der Waals surface area (Å²) < 4.78 is 10.9. The van der Waals surface area contributed by atoms with E-state index in [1.807, 2.05) is 19.0 Å². The molecule has 0 aromatic rings. The number of likely N-dealkylation sites (N-methyl/N-ethyl adjacent to an activating group) is 1. The van der Waals surface area contributed by atoms with Gasteiger partial charge in [-0.25, -0.2) is 14.5 Å². The second-order valence-electron chi connectivity index (χ2n) is 7.60. The number of ether oxygens (including phenoxy) is 2. The summed E-state index contributed by atoms with van der Waals surface area (Å²) in [5, 5.41) is 0. The average Bonchev–Trinajstić information content (AvgIpc) is 2.83. The van der Waals surface area contributed by atoms with Gasteiger partial charge in [-0.2, -0.15) is 0 Å². The number of rotatable bonds is 3. The lowest BCUT2D eigenvalue weighted by Crippen LogP contribution is -2.44. The van der Waals surface area contributed by atoms with Crippen LogP contribution in [0.15, 0.2) is 0 Å². The van der Waals surface area contributed by atoms with Crippen molar-refractivity contribution in [2.45, 2.75) is 50.5 Å². The molecule has 2 amide bonds. The molecule has 3 fully saturated rings. The third-order valence-corrected chi connectivity index (χ3v) is 5.63. The summed E-state index contributed by atoms with van der Waals surface area (Å²) in [7, 11) is 3.82. The zero-order chi connectivity index (χ0) is 16.4. The predicted octanol–water partition coefficient (Wildman–Crippen LogP) is 2.87. The number of fused-ring (bicyclic) bond motifs is 1. The molecule has 0 aromatic heterocycles. The standard InChI is InChI=1S/C17H28N2O4/c1-18(2)9-10-22-15(20)19-12-17(23-16(19)21)8-7-13-5-3-4-6-14(13)11-17/h13-14H,3-12H2,1-2H3/t13?,14?,17-/m0/s1. The first-order valence-electron chi connectivity index (χ1n) is 8.81. The van der Waals surface area contributed by atoms with Crippen molar-refractivity contribution in [2.24, 2.45) is 11.8 Å². The van der Waals surface area contributed by atoms with Gasteiger partial charge in [0.15, 0.2) is 0 Å². The number of nitrogens with zero attached hydrogens (tertiary/aromatic N) is 2. The second kappa shape index (κ2) is 6.67. The molecule has 130 valence electrons. The lowest BCUT2D eigenvalue weighted by molar-refractivity contribution is -0.0233. The highest BCUT2D eigenvalue weighted by Gasteiger charge is 2.52. The minimum Gasteiger partial charge on any atom is -0.448 e. The zero-order valence-electron chi connectivity index (χ0n) is 14.3. The Labute approximate surface area is 138 Å². The quantitative estimate of drug-likeness (QED) is 0.799. The Kier molecular flexibility index (Phi) is 4.80. The molecule has 1 spiro atoms. The fourth-order valence-electron chi connectivity index (χ4n) is 4.36. The van der Waals surface area contributed by atoms with Crippen molar-refractivity contribution in [2.75, 3.05) is 33.8 Å². The fraction of sp³-hybridized carbons (Fsp3) is 0.882. The van der Waals surface area contributed by atoms with E-state index in [2.05, 4.69) is 0 Å². The van der Waals surface area contributed by atoms with Crippen LogP contribution in [0.1, 0.15) is 44.9 Å². The van der Waals surface area contributed by atoms with Gasteiger partial charge in [0.1, 0.15) is 12.2 Å². The van der Waals surface area contributed by atoms with Crippen molar-refractivity contribution in [3.05, 3.63) is 0 Å². The number of amides is 2. The minimum atomic E-state index is -0.570. The van der Waals surface area contributed by atoms with Crippen molar-refractivity contribution in [1.82, 2.24) is 9.80 Å². The summed E-state index contributed by atoms with van der Waals surface area (Å²) in [4.78, 5) is 27.4. The second-order valence-corrected chi connectivity index (χ2v) is 7.60. The normalized spacial score (nSPS) is 33.7. The summed E-state index contributed by atoms with van der Waals surface area (Å²) in [5.74, 6) is 1.43. The van der Waals surface area contributed by atoms with Gasteiger partial charge in [-0.1, -0.05) is 25.7 Å². The number of carbonyl (C=O) groups is 2. The van der Waals surface area contributed by atoms with Crippen molar-refractivity contribution < 1.29 is 19.1 Å². The van der Waals surface area contributed by atoms with E-state index in [9.17, 15) is 9.59 Å².